The highest BCUT2D eigenvalue weighted by molar-refractivity contribution is 5.83. The van der Waals surface area contributed by atoms with E-state index in [4.69, 9.17) is 5.11 Å². The van der Waals surface area contributed by atoms with E-state index in [1.54, 1.807) is 6.92 Å². The van der Waals surface area contributed by atoms with Gasteiger partial charge in [-0.2, -0.15) is 0 Å². The van der Waals surface area contributed by atoms with E-state index < -0.39 is 11.4 Å². The van der Waals surface area contributed by atoms with Crippen molar-refractivity contribution in [3.05, 3.63) is 0 Å². The van der Waals surface area contributed by atoms with Gasteiger partial charge in [0.25, 0.3) is 0 Å². The fourth-order valence-corrected chi connectivity index (χ4v) is 1.14. The Morgan fingerprint density at radius 2 is 2.45 bits per heavy atom. The zero-order valence-electron chi connectivity index (χ0n) is 6.29. The molecule has 1 atom stereocenters. The first kappa shape index (κ1) is 8.04. The second-order valence-corrected chi connectivity index (χ2v) is 3.02. The third kappa shape index (κ3) is 1.50. The minimum Gasteiger partial charge on any atom is -0.481 e. The molecule has 0 aliphatic carbocycles. The third-order valence-corrected chi connectivity index (χ3v) is 1.92. The van der Waals surface area contributed by atoms with Crippen LogP contribution in [0.25, 0.3) is 0 Å². The molecular weight excluding hydrogens is 148 g/mol. The molecule has 62 valence electrons. The summed E-state index contributed by atoms with van der Waals surface area (Å²) < 4.78 is 4.67. The standard InChI is InChI=1S/C7H10O4/c1-7(4-5(8)9)2-3-11-6(7)10/h2-4H2,1H3,(H,8,9). The number of carbonyl (C=O) groups excluding carboxylic acids is 1. The molecule has 1 aliphatic rings. The molecule has 1 heterocycles. The highest BCUT2D eigenvalue weighted by atomic mass is 16.5. The molecule has 0 aromatic rings. The molecule has 1 fully saturated rings. The molecule has 1 unspecified atom stereocenters. The lowest BCUT2D eigenvalue weighted by Gasteiger charge is -2.14. The van der Waals surface area contributed by atoms with Gasteiger partial charge in [-0.05, 0) is 13.3 Å². The highest BCUT2D eigenvalue weighted by Crippen LogP contribution is 2.32. The van der Waals surface area contributed by atoms with Crippen LogP contribution in [0.3, 0.4) is 0 Å². The van der Waals surface area contributed by atoms with Crippen molar-refractivity contribution in [2.24, 2.45) is 5.41 Å². The van der Waals surface area contributed by atoms with Gasteiger partial charge in [0.2, 0.25) is 0 Å². The lowest BCUT2D eigenvalue weighted by molar-refractivity contribution is -0.151. The van der Waals surface area contributed by atoms with Crippen molar-refractivity contribution < 1.29 is 19.4 Å². The molecular formula is C7H10O4. The molecule has 0 amide bonds. The first-order chi connectivity index (χ1) is 5.04. The summed E-state index contributed by atoms with van der Waals surface area (Å²) in [5.74, 6) is -1.34. The van der Waals surface area contributed by atoms with E-state index in [9.17, 15) is 9.59 Å². The molecule has 0 bridgehead atoms. The largest absolute Gasteiger partial charge is 0.481 e. The van der Waals surface area contributed by atoms with Gasteiger partial charge in [-0.1, -0.05) is 0 Å². The summed E-state index contributed by atoms with van der Waals surface area (Å²) in [7, 11) is 0. The van der Waals surface area contributed by atoms with Crippen molar-refractivity contribution >= 4 is 11.9 Å². The van der Waals surface area contributed by atoms with Gasteiger partial charge in [0.15, 0.2) is 0 Å². The summed E-state index contributed by atoms with van der Waals surface area (Å²) in [5.41, 5.74) is -0.786. The lowest BCUT2D eigenvalue weighted by atomic mass is 9.86. The van der Waals surface area contributed by atoms with Crippen LogP contribution in [0.2, 0.25) is 0 Å². The monoisotopic (exact) mass is 158 g/mol. The van der Waals surface area contributed by atoms with Crippen LogP contribution in [-0.2, 0) is 14.3 Å². The predicted octanol–water partition coefficient (Wildman–Crippen LogP) is 0.414. The number of cyclic esters (lactones) is 1. The Morgan fingerprint density at radius 3 is 2.82 bits per heavy atom. The van der Waals surface area contributed by atoms with Crippen LogP contribution in [-0.4, -0.2) is 23.7 Å². The summed E-state index contributed by atoms with van der Waals surface area (Å²) in [6.45, 7) is 1.97. The second-order valence-electron chi connectivity index (χ2n) is 3.02. The molecule has 11 heavy (non-hydrogen) atoms. The van der Waals surface area contributed by atoms with Crippen LogP contribution in [0.5, 0.6) is 0 Å². The quantitative estimate of drug-likeness (QED) is 0.591. The smallest absolute Gasteiger partial charge is 0.312 e. The highest BCUT2D eigenvalue weighted by Gasteiger charge is 2.41. The molecule has 1 rings (SSSR count). The summed E-state index contributed by atoms with van der Waals surface area (Å²) in [6, 6.07) is 0. The molecule has 0 aromatic carbocycles. The number of carboxylic acids is 1. The Morgan fingerprint density at radius 1 is 1.82 bits per heavy atom. The predicted molar refractivity (Wildman–Crippen MR) is 35.9 cm³/mol. The average Bonchev–Trinajstić information content (AvgIpc) is 2.11. The van der Waals surface area contributed by atoms with E-state index in [1.807, 2.05) is 0 Å². The van der Waals surface area contributed by atoms with Crippen molar-refractivity contribution in [2.75, 3.05) is 6.61 Å². The van der Waals surface area contributed by atoms with Crippen LogP contribution >= 0.6 is 0 Å². The van der Waals surface area contributed by atoms with Gasteiger partial charge < -0.3 is 9.84 Å². The van der Waals surface area contributed by atoms with Gasteiger partial charge in [0.05, 0.1) is 18.4 Å². The first-order valence-corrected chi connectivity index (χ1v) is 3.44. The summed E-state index contributed by atoms with van der Waals surface area (Å²) in [6.07, 6.45) is 0.379. The fourth-order valence-electron chi connectivity index (χ4n) is 1.14. The van der Waals surface area contributed by atoms with Gasteiger partial charge in [-0.15, -0.1) is 0 Å². The zero-order valence-corrected chi connectivity index (χ0v) is 6.29. The Bertz CT molecular complexity index is 199. The van der Waals surface area contributed by atoms with E-state index in [-0.39, 0.29) is 12.4 Å². The molecule has 0 aromatic heterocycles. The van der Waals surface area contributed by atoms with E-state index in [0.29, 0.717) is 13.0 Å². The number of ether oxygens (including phenoxy) is 1. The maximum Gasteiger partial charge on any atom is 0.312 e. The number of aliphatic carboxylic acids is 1. The molecule has 4 nitrogen and oxygen atoms in total. The number of rotatable bonds is 2. The Hall–Kier alpha value is -1.06. The SMILES string of the molecule is CC1(CC(=O)O)CCOC1=O. The third-order valence-electron chi connectivity index (χ3n) is 1.92. The van der Waals surface area contributed by atoms with Crippen LogP contribution in [0.4, 0.5) is 0 Å². The van der Waals surface area contributed by atoms with Crippen LogP contribution in [0.15, 0.2) is 0 Å². The number of hydrogen-bond acceptors (Lipinski definition) is 3. The summed E-state index contributed by atoms with van der Waals surface area (Å²) >= 11 is 0. The molecule has 1 N–H and O–H groups in total. The fraction of sp³-hybridized carbons (Fsp3) is 0.714. The topological polar surface area (TPSA) is 63.6 Å². The Kier molecular flexibility index (Phi) is 1.85. The molecule has 4 heteroatoms. The maximum absolute atomic E-state index is 10.9. The molecule has 1 aliphatic heterocycles. The van der Waals surface area contributed by atoms with Gasteiger partial charge in [-0.25, -0.2) is 0 Å². The van der Waals surface area contributed by atoms with Crippen molar-refractivity contribution in [1.29, 1.82) is 0 Å². The van der Waals surface area contributed by atoms with Crippen LogP contribution in [0, 0.1) is 5.41 Å². The minimum absolute atomic E-state index is 0.133. The Balaban J connectivity index is 2.65. The van der Waals surface area contributed by atoms with E-state index in [1.165, 1.54) is 0 Å². The van der Waals surface area contributed by atoms with Crippen LogP contribution in [0.1, 0.15) is 19.8 Å². The van der Waals surface area contributed by atoms with E-state index in [0.717, 1.165) is 0 Å². The number of hydrogen-bond donors (Lipinski definition) is 1. The number of esters is 1. The number of carboxylic acid groups (broad SMARTS) is 1. The molecule has 0 spiro atoms. The summed E-state index contributed by atoms with van der Waals surface area (Å²) in [5, 5.41) is 8.45. The van der Waals surface area contributed by atoms with Gasteiger partial charge in [0, 0.05) is 0 Å². The number of carbonyl (C=O) groups is 2. The lowest BCUT2D eigenvalue weighted by Crippen LogP contribution is -2.25. The minimum atomic E-state index is -0.952. The maximum atomic E-state index is 10.9. The van der Waals surface area contributed by atoms with Crippen molar-refractivity contribution in [2.45, 2.75) is 19.8 Å². The molecule has 1 saturated heterocycles. The summed E-state index contributed by atoms with van der Waals surface area (Å²) in [4.78, 5) is 21.2. The van der Waals surface area contributed by atoms with E-state index in [2.05, 4.69) is 4.74 Å². The Labute approximate surface area is 64.2 Å². The van der Waals surface area contributed by atoms with Crippen LogP contribution < -0.4 is 0 Å². The molecule has 0 saturated carbocycles. The zero-order chi connectivity index (χ0) is 8.48. The molecule has 0 radical (unpaired) electrons. The normalized spacial score (nSPS) is 30.1. The van der Waals surface area contributed by atoms with Gasteiger partial charge in [0.1, 0.15) is 0 Å². The second kappa shape index (κ2) is 2.53. The van der Waals surface area contributed by atoms with E-state index >= 15 is 0 Å². The van der Waals surface area contributed by atoms with Gasteiger partial charge in [-0.3, -0.25) is 9.59 Å². The van der Waals surface area contributed by atoms with Gasteiger partial charge >= 0.3 is 11.9 Å². The van der Waals surface area contributed by atoms with Crippen molar-refractivity contribution in [3.8, 4) is 0 Å². The van der Waals surface area contributed by atoms with Crippen molar-refractivity contribution in [3.63, 3.8) is 0 Å². The average molecular weight is 158 g/mol. The first-order valence-electron chi connectivity index (χ1n) is 3.44. The van der Waals surface area contributed by atoms with Crippen molar-refractivity contribution in [1.82, 2.24) is 0 Å².